The number of nitrogens with one attached hydrogen (secondary N) is 1. The van der Waals surface area contributed by atoms with E-state index in [1.807, 2.05) is 13.0 Å². The van der Waals surface area contributed by atoms with Crippen molar-refractivity contribution in [2.24, 2.45) is 0 Å². The molecule has 2 N–H and O–H groups in total. The minimum atomic E-state index is -1.05. The van der Waals surface area contributed by atoms with E-state index >= 15 is 0 Å². The van der Waals surface area contributed by atoms with Crippen LogP contribution in [0.2, 0.25) is 0 Å². The highest BCUT2D eigenvalue weighted by Gasteiger charge is 2.03. The zero-order valence-corrected chi connectivity index (χ0v) is 9.62. The number of ether oxygens (including phenoxy) is 1. The first-order valence-electron chi connectivity index (χ1n) is 5.37. The molecule has 0 aromatic heterocycles. The van der Waals surface area contributed by atoms with Gasteiger partial charge in [0.2, 0.25) is 0 Å². The predicted octanol–water partition coefficient (Wildman–Crippen LogP) is 3.26. The van der Waals surface area contributed by atoms with Gasteiger partial charge in [-0.2, -0.15) is 0 Å². The third-order valence-electron chi connectivity index (χ3n) is 2.21. The van der Waals surface area contributed by atoms with Gasteiger partial charge in [0.1, 0.15) is 5.75 Å². The van der Waals surface area contributed by atoms with E-state index < -0.39 is 6.09 Å². The Morgan fingerprint density at radius 1 is 1.50 bits per heavy atom. The van der Waals surface area contributed by atoms with E-state index in [9.17, 15) is 4.79 Å². The van der Waals surface area contributed by atoms with Crippen LogP contribution in [0.15, 0.2) is 18.2 Å². The van der Waals surface area contributed by atoms with E-state index in [0.717, 1.165) is 24.2 Å². The summed E-state index contributed by atoms with van der Waals surface area (Å²) >= 11 is 0. The van der Waals surface area contributed by atoms with Crippen LogP contribution in [0, 0.1) is 6.92 Å². The van der Waals surface area contributed by atoms with Crippen molar-refractivity contribution in [2.75, 3.05) is 11.9 Å². The van der Waals surface area contributed by atoms with E-state index in [1.165, 1.54) is 0 Å². The maximum Gasteiger partial charge on any atom is 0.409 e. The summed E-state index contributed by atoms with van der Waals surface area (Å²) in [5.41, 5.74) is 1.45. The largest absolute Gasteiger partial charge is 0.494 e. The van der Waals surface area contributed by atoms with Crippen LogP contribution in [0.25, 0.3) is 0 Å². The average molecular weight is 223 g/mol. The topological polar surface area (TPSA) is 58.6 Å². The van der Waals surface area contributed by atoms with Crippen molar-refractivity contribution in [1.29, 1.82) is 0 Å². The smallest absolute Gasteiger partial charge is 0.409 e. The molecule has 0 heterocycles. The van der Waals surface area contributed by atoms with E-state index in [1.54, 1.807) is 12.1 Å². The fourth-order valence-corrected chi connectivity index (χ4v) is 1.32. The molecule has 0 bridgehead atoms. The molecule has 4 heteroatoms. The third kappa shape index (κ3) is 3.81. The van der Waals surface area contributed by atoms with Gasteiger partial charge in [0.25, 0.3) is 0 Å². The lowest BCUT2D eigenvalue weighted by atomic mass is 10.2. The molecule has 0 spiro atoms. The number of aryl methyl sites for hydroxylation is 1. The van der Waals surface area contributed by atoms with E-state index in [4.69, 9.17) is 9.84 Å². The van der Waals surface area contributed by atoms with Crippen molar-refractivity contribution < 1.29 is 14.6 Å². The van der Waals surface area contributed by atoms with Crippen LogP contribution in [-0.4, -0.2) is 17.8 Å². The van der Waals surface area contributed by atoms with Gasteiger partial charge >= 0.3 is 6.09 Å². The molecule has 1 aromatic carbocycles. The highest BCUT2D eigenvalue weighted by atomic mass is 16.5. The molecule has 1 aromatic rings. The van der Waals surface area contributed by atoms with Gasteiger partial charge in [-0.1, -0.05) is 13.3 Å². The Labute approximate surface area is 95.2 Å². The molecule has 88 valence electrons. The van der Waals surface area contributed by atoms with Crippen LogP contribution >= 0.6 is 0 Å². The van der Waals surface area contributed by atoms with Crippen LogP contribution in [0.4, 0.5) is 10.5 Å². The molecule has 1 amide bonds. The Bertz CT molecular complexity index is 363. The van der Waals surface area contributed by atoms with E-state index in [0.29, 0.717) is 12.3 Å². The summed E-state index contributed by atoms with van der Waals surface area (Å²) < 4.78 is 5.51. The summed E-state index contributed by atoms with van der Waals surface area (Å²) in [5.74, 6) is 0.780. The Hall–Kier alpha value is -1.71. The second-order valence-corrected chi connectivity index (χ2v) is 3.61. The minimum absolute atomic E-state index is 0.593. The normalized spacial score (nSPS) is 9.88. The van der Waals surface area contributed by atoms with Crippen LogP contribution in [-0.2, 0) is 0 Å². The maximum atomic E-state index is 10.5. The number of carboxylic acid groups (broad SMARTS) is 1. The number of benzene rings is 1. The molecule has 0 radical (unpaired) electrons. The number of amides is 1. The second-order valence-electron chi connectivity index (χ2n) is 3.61. The number of hydrogen-bond donors (Lipinski definition) is 2. The van der Waals surface area contributed by atoms with Gasteiger partial charge in [-0.3, -0.25) is 5.32 Å². The minimum Gasteiger partial charge on any atom is -0.494 e. The molecule has 0 fully saturated rings. The molecular formula is C12H17NO3. The number of carbonyl (C=O) groups is 1. The first-order valence-corrected chi connectivity index (χ1v) is 5.37. The van der Waals surface area contributed by atoms with Crippen molar-refractivity contribution >= 4 is 11.8 Å². The van der Waals surface area contributed by atoms with Gasteiger partial charge in [-0.25, -0.2) is 4.79 Å². The number of unbranched alkanes of at least 4 members (excludes halogenated alkanes) is 1. The van der Waals surface area contributed by atoms with Gasteiger partial charge in [0.15, 0.2) is 0 Å². The van der Waals surface area contributed by atoms with Crippen molar-refractivity contribution in [3.63, 3.8) is 0 Å². The van der Waals surface area contributed by atoms with Crippen LogP contribution in [0.5, 0.6) is 5.75 Å². The van der Waals surface area contributed by atoms with Gasteiger partial charge < -0.3 is 9.84 Å². The highest BCUT2D eigenvalue weighted by molar-refractivity contribution is 5.84. The zero-order chi connectivity index (χ0) is 12.0. The van der Waals surface area contributed by atoms with Gasteiger partial charge in [0, 0.05) is 5.69 Å². The molecule has 0 saturated heterocycles. The molecule has 0 aliphatic heterocycles. The van der Waals surface area contributed by atoms with Crippen molar-refractivity contribution in [3.8, 4) is 5.75 Å². The molecule has 0 unspecified atom stereocenters. The summed E-state index contributed by atoms with van der Waals surface area (Å²) in [6.45, 7) is 4.65. The zero-order valence-electron chi connectivity index (χ0n) is 9.62. The quantitative estimate of drug-likeness (QED) is 0.753. The number of hydrogen-bond acceptors (Lipinski definition) is 2. The molecule has 16 heavy (non-hydrogen) atoms. The average Bonchev–Trinajstić information content (AvgIpc) is 2.22. The first kappa shape index (κ1) is 12.4. The van der Waals surface area contributed by atoms with Gasteiger partial charge in [-0.15, -0.1) is 0 Å². The molecule has 0 aliphatic carbocycles. The maximum absolute atomic E-state index is 10.5. The molecule has 0 aliphatic rings. The lowest BCUT2D eigenvalue weighted by Gasteiger charge is -2.09. The van der Waals surface area contributed by atoms with E-state index in [-0.39, 0.29) is 0 Å². The standard InChI is InChI=1S/C12H17NO3/c1-3-4-7-16-10-5-6-11(9(2)8-10)13-12(14)15/h5-6,8,13H,3-4,7H2,1-2H3,(H,14,15). The summed E-state index contributed by atoms with van der Waals surface area (Å²) in [4.78, 5) is 10.5. The summed E-state index contributed by atoms with van der Waals surface area (Å²) in [7, 11) is 0. The molecular weight excluding hydrogens is 206 g/mol. The third-order valence-corrected chi connectivity index (χ3v) is 2.21. The fourth-order valence-electron chi connectivity index (χ4n) is 1.32. The van der Waals surface area contributed by atoms with Crippen LogP contribution < -0.4 is 10.1 Å². The van der Waals surface area contributed by atoms with E-state index in [2.05, 4.69) is 12.2 Å². The van der Waals surface area contributed by atoms with Crippen molar-refractivity contribution in [3.05, 3.63) is 23.8 Å². The lowest BCUT2D eigenvalue weighted by Crippen LogP contribution is -2.08. The fraction of sp³-hybridized carbons (Fsp3) is 0.417. The van der Waals surface area contributed by atoms with Gasteiger partial charge in [-0.05, 0) is 37.1 Å². The van der Waals surface area contributed by atoms with Crippen LogP contribution in [0.1, 0.15) is 25.3 Å². The highest BCUT2D eigenvalue weighted by Crippen LogP contribution is 2.21. The summed E-state index contributed by atoms with van der Waals surface area (Å²) in [6, 6.07) is 5.32. The Morgan fingerprint density at radius 3 is 2.81 bits per heavy atom. The van der Waals surface area contributed by atoms with Crippen LogP contribution in [0.3, 0.4) is 0 Å². The number of anilines is 1. The summed E-state index contributed by atoms with van der Waals surface area (Å²) in [5, 5.41) is 10.9. The van der Waals surface area contributed by atoms with Crippen molar-refractivity contribution in [2.45, 2.75) is 26.7 Å². The van der Waals surface area contributed by atoms with Gasteiger partial charge in [0.05, 0.1) is 6.61 Å². The molecule has 4 nitrogen and oxygen atoms in total. The monoisotopic (exact) mass is 223 g/mol. The molecule has 0 atom stereocenters. The van der Waals surface area contributed by atoms with Crippen molar-refractivity contribution in [1.82, 2.24) is 0 Å². The number of rotatable bonds is 5. The predicted molar refractivity (Wildman–Crippen MR) is 63.2 cm³/mol. The SMILES string of the molecule is CCCCOc1ccc(NC(=O)O)c(C)c1. The Kier molecular flexibility index (Phi) is 4.64. The molecule has 1 rings (SSSR count). The lowest BCUT2D eigenvalue weighted by molar-refractivity contribution is 0.209. The molecule has 0 saturated carbocycles. The Balaban J connectivity index is 2.63. The second kappa shape index (κ2) is 6.00. The first-order chi connectivity index (χ1) is 7.63. The summed E-state index contributed by atoms with van der Waals surface area (Å²) in [6.07, 6.45) is 1.06. The Morgan fingerprint density at radius 2 is 2.25 bits per heavy atom.